The third kappa shape index (κ3) is 6.23. The van der Waals surface area contributed by atoms with Gasteiger partial charge in [0.25, 0.3) is 11.9 Å². The molecule has 1 aliphatic heterocycles. The van der Waals surface area contributed by atoms with Gasteiger partial charge in [0, 0.05) is 47.6 Å². The van der Waals surface area contributed by atoms with Gasteiger partial charge in [0.15, 0.2) is 0 Å². The van der Waals surface area contributed by atoms with E-state index in [1.54, 1.807) is 30.3 Å². The highest BCUT2D eigenvalue weighted by Gasteiger charge is 2.34. The SMILES string of the molecule is C=C(OC(=NC)N[C@H]1N=C(c2ccccc2)c2cccc(F)c2NC1=O)c1c(C)cc(C(F)(F)F)cc1-c1cnc(C2CC2)nc1. The Bertz CT molecular complexity index is 1880. The van der Waals surface area contributed by atoms with Gasteiger partial charge in [0.1, 0.15) is 17.4 Å². The zero-order valence-corrected chi connectivity index (χ0v) is 24.8. The zero-order valence-electron chi connectivity index (χ0n) is 24.8. The Balaban J connectivity index is 1.33. The standard InChI is InChI=1S/C34H28F4N6O2/c1-18-14-23(34(36,37)38)15-25(22-16-40-30(41-17-22)21-12-13-21)27(18)19(2)46-33(39-3)44-31-32(45)43-29-24(10-7-11-26(29)35)28(42-31)20-8-5-4-6-9-20/h4-11,14-17,21,31H,2,12-13H2,1,3H3,(H,39,44)(H,43,45)/t31-/m1/s1. The highest BCUT2D eigenvalue weighted by molar-refractivity contribution is 6.20. The van der Waals surface area contributed by atoms with Gasteiger partial charge in [-0.05, 0) is 49.1 Å². The van der Waals surface area contributed by atoms with Gasteiger partial charge in [-0.3, -0.25) is 4.79 Å². The number of amidine groups is 1. The number of alkyl halides is 3. The van der Waals surface area contributed by atoms with Crippen LogP contribution in [0.25, 0.3) is 16.9 Å². The van der Waals surface area contributed by atoms with Crippen molar-refractivity contribution in [2.45, 2.75) is 38.0 Å². The van der Waals surface area contributed by atoms with E-state index in [-0.39, 0.29) is 40.1 Å². The summed E-state index contributed by atoms with van der Waals surface area (Å²) in [5.41, 5.74) is 1.50. The van der Waals surface area contributed by atoms with Gasteiger partial charge >= 0.3 is 6.18 Å². The lowest BCUT2D eigenvalue weighted by Crippen LogP contribution is -2.43. The molecule has 2 N–H and O–H groups in total. The number of ether oxygens (including phenoxy) is 1. The molecule has 1 aromatic heterocycles. The highest BCUT2D eigenvalue weighted by atomic mass is 19.4. The van der Waals surface area contributed by atoms with Crippen molar-refractivity contribution in [1.82, 2.24) is 15.3 Å². The molecule has 2 aliphatic rings. The first-order chi connectivity index (χ1) is 22.0. The van der Waals surface area contributed by atoms with Crippen LogP contribution in [0.5, 0.6) is 0 Å². The van der Waals surface area contributed by atoms with Crippen LogP contribution in [-0.4, -0.2) is 40.8 Å². The number of nitrogens with zero attached hydrogens (tertiary/aromatic N) is 4. The van der Waals surface area contributed by atoms with E-state index in [4.69, 9.17) is 4.74 Å². The van der Waals surface area contributed by atoms with Crippen molar-refractivity contribution in [3.05, 3.63) is 119 Å². The molecule has 6 rings (SSSR count). The van der Waals surface area contributed by atoms with Gasteiger partial charge < -0.3 is 15.4 Å². The molecule has 0 radical (unpaired) electrons. The molecule has 0 bridgehead atoms. The molecule has 46 heavy (non-hydrogen) atoms. The fourth-order valence-corrected chi connectivity index (χ4v) is 5.22. The van der Waals surface area contributed by atoms with Gasteiger partial charge in [0.2, 0.25) is 6.17 Å². The van der Waals surface area contributed by atoms with Crippen molar-refractivity contribution in [2.75, 3.05) is 12.4 Å². The number of para-hydroxylation sites is 1. The quantitative estimate of drug-likeness (QED) is 0.105. The monoisotopic (exact) mass is 628 g/mol. The minimum atomic E-state index is -4.61. The number of carbonyl (C=O) groups excluding carboxylic acids is 1. The fraction of sp³-hybridized carbons (Fsp3) is 0.206. The number of hydrogen-bond acceptors (Lipinski definition) is 6. The molecule has 234 valence electrons. The van der Waals surface area contributed by atoms with Crippen LogP contribution in [0.15, 0.2) is 89.6 Å². The molecule has 0 unspecified atom stereocenters. The molecule has 8 nitrogen and oxygen atoms in total. The molecular formula is C34H28F4N6O2. The molecule has 2 heterocycles. The average Bonchev–Trinajstić information content (AvgIpc) is 3.90. The highest BCUT2D eigenvalue weighted by Crippen LogP contribution is 2.40. The van der Waals surface area contributed by atoms with Gasteiger partial charge in [-0.2, -0.15) is 13.2 Å². The lowest BCUT2D eigenvalue weighted by atomic mass is 9.93. The lowest BCUT2D eigenvalue weighted by molar-refractivity contribution is -0.137. The Morgan fingerprint density at radius 3 is 2.39 bits per heavy atom. The summed E-state index contributed by atoms with van der Waals surface area (Å²) >= 11 is 0. The van der Waals surface area contributed by atoms with E-state index in [0.717, 1.165) is 25.0 Å². The number of hydrogen-bond donors (Lipinski definition) is 2. The third-order valence-corrected chi connectivity index (χ3v) is 7.62. The second-order valence-corrected chi connectivity index (χ2v) is 10.9. The molecule has 1 atom stereocenters. The number of rotatable bonds is 6. The predicted octanol–water partition coefficient (Wildman–Crippen LogP) is 6.87. The van der Waals surface area contributed by atoms with E-state index in [1.165, 1.54) is 38.5 Å². The fourth-order valence-electron chi connectivity index (χ4n) is 5.22. The number of anilines is 1. The Kier molecular flexibility index (Phi) is 8.11. The van der Waals surface area contributed by atoms with Crippen molar-refractivity contribution in [3.8, 4) is 11.1 Å². The molecule has 4 aromatic rings. The Morgan fingerprint density at radius 1 is 1.02 bits per heavy atom. The predicted molar refractivity (Wildman–Crippen MR) is 167 cm³/mol. The number of fused-ring (bicyclic) bond motifs is 1. The molecule has 0 spiro atoms. The smallest absolute Gasteiger partial charge is 0.416 e. The number of halogens is 4. The summed E-state index contributed by atoms with van der Waals surface area (Å²) in [4.78, 5) is 30.8. The maximum Gasteiger partial charge on any atom is 0.416 e. The van der Waals surface area contributed by atoms with Gasteiger partial charge in [-0.25, -0.2) is 24.3 Å². The maximum atomic E-state index is 14.9. The summed E-state index contributed by atoms with van der Waals surface area (Å²) in [6.45, 7) is 5.51. The number of nitrogens with one attached hydrogen (secondary N) is 2. The molecule has 1 fully saturated rings. The Labute approximate surface area is 262 Å². The maximum absolute atomic E-state index is 14.9. The first-order valence-corrected chi connectivity index (χ1v) is 14.4. The second-order valence-electron chi connectivity index (χ2n) is 10.9. The minimum Gasteiger partial charge on any atom is -0.426 e. The summed E-state index contributed by atoms with van der Waals surface area (Å²) < 4.78 is 62.4. The van der Waals surface area contributed by atoms with E-state index < -0.39 is 29.6 Å². The van der Waals surface area contributed by atoms with Crippen LogP contribution < -0.4 is 10.6 Å². The van der Waals surface area contributed by atoms with Crippen molar-refractivity contribution >= 4 is 29.1 Å². The third-order valence-electron chi connectivity index (χ3n) is 7.62. The van der Waals surface area contributed by atoms with Gasteiger partial charge in [0.05, 0.1) is 17.0 Å². The number of benzodiazepines with no additional fused rings is 1. The average molecular weight is 629 g/mol. The number of aliphatic imine (C=N–C) groups is 2. The summed E-state index contributed by atoms with van der Waals surface area (Å²) in [6, 6.07) is 15.2. The van der Waals surface area contributed by atoms with Crippen LogP contribution in [-0.2, 0) is 15.7 Å². The number of aromatic nitrogens is 2. The van der Waals surface area contributed by atoms with E-state index >= 15 is 0 Å². The van der Waals surface area contributed by atoms with Crippen LogP contribution >= 0.6 is 0 Å². The number of amides is 1. The van der Waals surface area contributed by atoms with E-state index in [2.05, 4.69) is 37.2 Å². The summed E-state index contributed by atoms with van der Waals surface area (Å²) in [5.74, 6) is -0.459. The number of aryl methyl sites for hydroxylation is 1. The van der Waals surface area contributed by atoms with E-state index in [1.807, 2.05) is 6.07 Å². The normalized spacial score (nSPS) is 16.6. The van der Waals surface area contributed by atoms with Crippen LogP contribution in [0, 0.1) is 12.7 Å². The van der Waals surface area contributed by atoms with Crippen molar-refractivity contribution in [1.29, 1.82) is 0 Å². The van der Waals surface area contributed by atoms with Crippen LogP contribution in [0.3, 0.4) is 0 Å². The summed E-state index contributed by atoms with van der Waals surface area (Å²) in [5, 5.41) is 5.42. The largest absolute Gasteiger partial charge is 0.426 e. The Morgan fingerprint density at radius 2 is 1.74 bits per heavy atom. The minimum absolute atomic E-state index is 0.0281. The van der Waals surface area contributed by atoms with E-state index in [9.17, 15) is 22.4 Å². The summed E-state index contributed by atoms with van der Waals surface area (Å²) in [7, 11) is 1.39. The van der Waals surface area contributed by atoms with Crippen LogP contribution in [0.1, 0.15) is 52.4 Å². The first-order valence-electron chi connectivity index (χ1n) is 14.4. The van der Waals surface area contributed by atoms with E-state index in [0.29, 0.717) is 28.2 Å². The molecule has 1 aliphatic carbocycles. The van der Waals surface area contributed by atoms with Crippen LogP contribution in [0.2, 0.25) is 0 Å². The van der Waals surface area contributed by atoms with Gasteiger partial charge in [-0.15, -0.1) is 0 Å². The van der Waals surface area contributed by atoms with Crippen molar-refractivity contribution < 1.29 is 27.1 Å². The number of carbonyl (C=O) groups is 1. The lowest BCUT2D eigenvalue weighted by Gasteiger charge is -2.21. The van der Waals surface area contributed by atoms with Crippen LogP contribution in [0.4, 0.5) is 23.2 Å². The van der Waals surface area contributed by atoms with Crippen molar-refractivity contribution in [2.24, 2.45) is 9.98 Å². The topological polar surface area (TPSA) is 101 Å². The number of benzene rings is 3. The molecule has 1 amide bonds. The summed E-state index contributed by atoms with van der Waals surface area (Å²) in [6.07, 6.45) is -1.00. The Hall–Kier alpha value is -5.39. The molecule has 1 saturated carbocycles. The first kappa shape index (κ1) is 30.6. The zero-order chi connectivity index (χ0) is 32.6. The molecule has 3 aromatic carbocycles. The molecular weight excluding hydrogens is 600 g/mol. The molecule has 0 saturated heterocycles. The molecule has 12 heteroatoms. The van der Waals surface area contributed by atoms with Crippen molar-refractivity contribution in [3.63, 3.8) is 0 Å². The second kappa shape index (κ2) is 12.2. The van der Waals surface area contributed by atoms with Gasteiger partial charge in [-0.1, -0.05) is 49.0 Å².